The Labute approximate surface area is 163 Å². The maximum absolute atomic E-state index is 12.8. The highest BCUT2D eigenvalue weighted by atomic mass is 35.5. The Morgan fingerprint density at radius 3 is 2.77 bits per heavy atom. The number of carbonyl (C=O) groups excluding carboxylic acids is 1. The first-order valence-electron chi connectivity index (χ1n) is 9.08. The number of amides is 1. The molecule has 0 aliphatic heterocycles. The molecule has 2 aliphatic carbocycles. The molecule has 3 nitrogen and oxygen atoms in total. The molecule has 4 rings (SSSR count). The summed E-state index contributed by atoms with van der Waals surface area (Å²) in [5.74, 6) is 1.37. The van der Waals surface area contributed by atoms with Crippen LogP contribution in [-0.2, 0) is 4.79 Å². The molecule has 1 aromatic heterocycles. The predicted octanol–water partition coefficient (Wildman–Crippen LogP) is 5.93. The standard InChI is InChI=1S/C21H21ClN2OS/c1-11-3-4-12(2)15(7-11)19-18(22)17(10-23)21(26-19)24-20(25)16-9-13-5-6-14(16)8-13/h3-4,7,13-14,16H,5-6,8-9H2,1-2H3,(H,24,25)/t13-,14-,16+/m0/s1. The smallest absolute Gasteiger partial charge is 0.228 e. The summed E-state index contributed by atoms with van der Waals surface area (Å²) in [6, 6.07) is 8.38. The Morgan fingerprint density at radius 1 is 1.31 bits per heavy atom. The van der Waals surface area contributed by atoms with Crippen molar-refractivity contribution in [2.75, 3.05) is 5.32 Å². The number of rotatable bonds is 3. The van der Waals surface area contributed by atoms with Crippen molar-refractivity contribution in [2.24, 2.45) is 17.8 Å². The fourth-order valence-electron chi connectivity index (χ4n) is 4.52. The van der Waals surface area contributed by atoms with E-state index < -0.39 is 0 Å². The maximum Gasteiger partial charge on any atom is 0.228 e. The van der Waals surface area contributed by atoms with Crippen molar-refractivity contribution in [1.82, 2.24) is 0 Å². The second-order valence-corrected chi connectivity index (χ2v) is 9.05. The van der Waals surface area contributed by atoms with E-state index in [0.717, 1.165) is 34.4 Å². The number of thiophene rings is 1. The number of halogens is 1. The molecule has 0 spiro atoms. The molecule has 2 aliphatic rings. The first-order valence-corrected chi connectivity index (χ1v) is 10.3. The van der Waals surface area contributed by atoms with E-state index in [1.807, 2.05) is 13.8 Å². The lowest BCUT2D eigenvalue weighted by molar-refractivity contribution is -0.121. The van der Waals surface area contributed by atoms with Gasteiger partial charge in [0.25, 0.3) is 0 Å². The second kappa shape index (κ2) is 6.72. The van der Waals surface area contributed by atoms with Gasteiger partial charge in [-0.25, -0.2) is 0 Å². The summed E-state index contributed by atoms with van der Waals surface area (Å²) in [5, 5.41) is 13.6. The van der Waals surface area contributed by atoms with E-state index in [2.05, 4.69) is 29.6 Å². The molecule has 1 N–H and O–H groups in total. The fraction of sp³-hybridized carbons (Fsp3) is 0.429. The topological polar surface area (TPSA) is 52.9 Å². The monoisotopic (exact) mass is 384 g/mol. The maximum atomic E-state index is 12.8. The largest absolute Gasteiger partial charge is 0.316 e. The van der Waals surface area contributed by atoms with Crippen LogP contribution in [-0.4, -0.2) is 5.91 Å². The summed E-state index contributed by atoms with van der Waals surface area (Å²) < 4.78 is 0. The summed E-state index contributed by atoms with van der Waals surface area (Å²) in [4.78, 5) is 13.6. The van der Waals surface area contributed by atoms with Crippen molar-refractivity contribution < 1.29 is 4.79 Å². The molecule has 0 saturated heterocycles. The van der Waals surface area contributed by atoms with Crippen LogP contribution >= 0.6 is 22.9 Å². The number of carbonyl (C=O) groups is 1. The molecular weight excluding hydrogens is 364 g/mol. The minimum atomic E-state index is 0.0548. The molecule has 134 valence electrons. The third-order valence-corrected chi connectivity index (χ3v) is 7.54. The zero-order valence-corrected chi connectivity index (χ0v) is 16.5. The van der Waals surface area contributed by atoms with Gasteiger partial charge in [0.1, 0.15) is 16.6 Å². The molecule has 2 aromatic rings. The van der Waals surface area contributed by atoms with Crippen LogP contribution in [0.5, 0.6) is 0 Å². The van der Waals surface area contributed by atoms with Crippen LogP contribution in [0.2, 0.25) is 5.02 Å². The normalized spacial score (nSPS) is 23.8. The van der Waals surface area contributed by atoms with Gasteiger partial charge in [0.05, 0.1) is 9.90 Å². The third-order valence-electron chi connectivity index (χ3n) is 5.91. The minimum absolute atomic E-state index is 0.0548. The van der Waals surface area contributed by atoms with Crippen LogP contribution in [0.15, 0.2) is 18.2 Å². The zero-order chi connectivity index (χ0) is 18.4. The van der Waals surface area contributed by atoms with Crippen LogP contribution < -0.4 is 5.32 Å². The van der Waals surface area contributed by atoms with Crippen LogP contribution in [0.4, 0.5) is 5.00 Å². The fourth-order valence-corrected chi connectivity index (χ4v) is 6.06. The lowest BCUT2D eigenvalue weighted by Crippen LogP contribution is -2.27. The second-order valence-electron chi connectivity index (χ2n) is 7.65. The summed E-state index contributed by atoms with van der Waals surface area (Å²) in [6.45, 7) is 4.07. The average Bonchev–Trinajstić information content (AvgIpc) is 3.32. The van der Waals surface area contributed by atoms with Gasteiger partial charge in [-0.1, -0.05) is 41.8 Å². The number of aryl methyl sites for hydroxylation is 2. The van der Waals surface area contributed by atoms with Crippen molar-refractivity contribution in [3.05, 3.63) is 39.9 Å². The van der Waals surface area contributed by atoms with Crippen molar-refractivity contribution >= 4 is 33.8 Å². The molecule has 3 atom stereocenters. The number of fused-ring (bicyclic) bond motifs is 2. The first kappa shape index (κ1) is 17.6. The zero-order valence-electron chi connectivity index (χ0n) is 14.9. The Morgan fingerprint density at radius 2 is 2.12 bits per heavy atom. The molecule has 5 heteroatoms. The highest BCUT2D eigenvalue weighted by Crippen LogP contribution is 2.49. The summed E-state index contributed by atoms with van der Waals surface area (Å²) in [5.41, 5.74) is 3.65. The predicted molar refractivity (Wildman–Crippen MR) is 107 cm³/mol. The van der Waals surface area contributed by atoms with Crippen LogP contribution in [0, 0.1) is 42.9 Å². The highest BCUT2D eigenvalue weighted by Gasteiger charge is 2.43. The number of nitriles is 1. The molecule has 2 bridgehead atoms. The van der Waals surface area contributed by atoms with Crippen molar-refractivity contribution in [2.45, 2.75) is 39.5 Å². The Balaban J connectivity index is 1.66. The number of hydrogen-bond donors (Lipinski definition) is 1. The van der Waals surface area contributed by atoms with E-state index in [0.29, 0.717) is 27.4 Å². The van der Waals surface area contributed by atoms with Gasteiger partial charge in [-0.3, -0.25) is 4.79 Å². The third kappa shape index (κ3) is 2.94. The summed E-state index contributed by atoms with van der Waals surface area (Å²) >= 11 is 7.94. The quantitative estimate of drug-likeness (QED) is 0.712. The van der Waals surface area contributed by atoms with E-state index in [1.54, 1.807) is 0 Å². The molecule has 26 heavy (non-hydrogen) atoms. The minimum Gasteiger partial charge on any atom is -0.316 e. The summed E-state index contributed by atoms with van der Waals surface area (Å²) in [7, 11) is 0. The van der Waals surface area contributed by atoms with Gasteiger partial charge in [0.2, 0.25) is 5.91 Å². The van der Waals surface area contributed by atoms with Gasteiger partial charge in [-0.15, -0.1) is 11.3 Å². The lowest BCUT2D eigenvalue weighted by Gasteiger charge is -2.20. The van der Waals surface area contributed by atoms with Crippen molar-refractivity contribution in [3.8, 4) is 16.5 Å². The van der Waals surface area contributed by atoms with Crippen molar-refractivity contribution in [3.63, 3.8) is 0 Å². The molecule has 2 saturated carbocycles. The number of nitrogens with one attached hydrogen (secondary N) is 1. The van der Waals surface area contributed by atoms with Gasteiger partial charge in [-0.05, 0) is 56.1 Å². The molecule has 1 amide bonds. The molecule has 0 unspecified atom stereocenters. The lowest BCUT2D eigenvalue weighted by atomic mass is 9.88. The number of anilines is 1. The Kier molecular flexibility index (Phi) is 4.54. The summed E-state index contributed by atoms with van der Waals surface area (Å²) in [6.07, 6.45) is 4.59. The van der Waals surface area contributed by atoms with Gasteiger partial charge >= 0.3 is 0 Å². The van der Waals surface area contributed by atoms with E-state index >= 15 is 0 Å². The van der Waals surface area contributed by atoms with Gasteiger partial charge in [0, 0.05) is 5.92 Å². The Bertz CT molecular complexity index is 927. The average molecular weight is 385 g/mol. The SMILES string of the molecule is Cc1ccc(C)c(-c2sc(NC(=O)[C@@H]3C[C@H]4CC[C@H]3C4)c(C#N)c2Cl)c1. The van der Waals surface area contributed by atoms with Crippen molar-refractivity contribution in [1.29, 1.82) is 5.26 Å². The number of hydrogen-bond acceptors (Lipinski definition) is 3. The first-order chi connectivity index (χ1) is 12.5. The molecular formula is C21H21ClN2OS. The van der Waals surface area contributed by atoms with Crippen LogP contribution in [0.25, 0.3) is 10.4 Å². The van der Waals surface area contributed by atoms with Crippen LogP contribution in [0.3, 0.4) is 0 Å². The van der Waals surface area contributed by atoms with E-state index in [4.69, 9.17) is 11.6 Å². The van der Waals surface area contributed by atoms with Gasteiger partial charge in [0.15, 0.2) is 0 Å². The van der Waals surface area contributed by atoms with Gasteiger partial charge in [-0.2, -0.15) is 5.26 Å². The van der Waals surface area contributed by atoms with Crippen LogP contribution in [0.1, 0.15) is 42.4 Å². The molecule has 1 heterocycles. The van der Waals surface area contributed by atoms with E-state index in [-0.39, 0.29) is 11.8 Å². The molecule has 2 fully saturated rings. The van der Waals surface area contributed by atoms with E-state index in [9.17, 15) is 10.1 Å². The molecule has 0 radical (unpaired) electrons. The van der Waals surface area contributed by atoms with Gasteiger partial charge < -0.3 is 5.32 Å². The Hall–Kier alpha value is -1.83. The molecule has 1 aromatic carbocycles. The number of benzene rings is 1. The van der Waals surface area contributed by atoms with E-state index in [1.165, 1.54) is 24.2 Å². The highest BCUT2D eigenvalue weighted by molar-refractivity contribution is 7.20. The number of nitrogens with zero attached hydrogens (tertiary/aromatic N) is 1.